The fourth-order valence-corrected chi connectivity index (χ4v) is 4.83. The van der Waals surface area contributed by atoms with Crippen LogP contribution in [0.4, 0.5) is 17.6 Å². The molecule has 3 aromatic rings. The van der Waals surface area contributed by atoms with Gasteiger partial charge in [-0.15, -0.1) is 0 Å². The zero-order valence-electron chi connectivity index (χ0n) is 20.2. The minimum absolute atomic E-state index is 0.00741. The first-order chi connectivity index (χ1) is 18.6. The SMILES string of the molecule is O=C(NC/C=N\OCC1CC1)c1ccc(C2=NOC(c3cc(Cl)c(F)c(Cl)c3)(C(F)(F)F)C2)c2ccccc12. The molecule has 0 aromatic heterocycles. The predicted molar refractivity (Wildman–Crippen MR) is 140 cm³/mol. The molecule has 3 aromatic carbocycles. The van der Waals surface area contributed by atoms with Crippen molar-refractivity contribution in [3.8, 4) is 0 Å². The smallest absolute Gasteiger partial charge is 0.396 e. The summed E-state index contributed by atoms with van der Waals surface area (Å²) in [5.41, 5.74) is -2.75. The van der Waals surface area contributed by atoms with Crippen LogP contribution < -0.4 is 5.32 Å². The van der Waals surface area contributed by atoms with E-state index in [-0.39, 0.29) is 12.3 Å². The van der Waals surface area contributed by atoms with Crippen molar-refractivity contribution in [1.29, 1.82) is 0 Å². The molecule has 6 nitrogen and oxygen atoms in total. The van der Waals surface area contributed by atoms with Crippen molar-refractivity contribution in [1.82, 2.24) is 5.32 Å². The minimum atomic E-state index is -4.94. The van der Waals surface area contributed by atoms with Crippen LogP contribution in [0.15, 0.2) is 58.8 Å². The lowest BCUT2D eigenvalue weighted by Gasteiger charge is -2.29. The molecule has 1 fully saturated rings. The average Bonchev–Trinajstić information content (AvgIpc) is 3.62. The summed E-state index contributed by atoms with van der Waals surface area (Å²) in [5, 5.41) is 10.2. The topological polar surface area (TPSA) is 72.3 Å². The van der Waals surface area contributed by atoms with E-state index in [0.717, 1.165) is 25.0 Å². The van der Waals surface area contributed by atoms with E-state index in [4.69, 9.17) is 32.9 Å². The van der Waals surface area contributed by atoms with Gasteiger partial charge in [-0.05, 0) is 47.7 Å². The van der Waals surface area contributed by atoms with Crippen molar-refractivity contribution in [3.05, 3.63) is 81.1 Å². The van der Waals surface area contributed by atoms with Gasteiger partial charge in [0.05, 0.1) is 28.5 Å². The summed E-state index contributed by atoms with van der Waals surface area (Å²) in [5.74, 6) is -0.865. The highest BCUT2D eigenvalue weighted by Crippen LogP contribution is 2.50. The van der Waals surface area contributed by atoms with Gasteiger partial charge in [0.1, 0.15) is 6.61 Å². The van der Waals surface area contributed by atoms with E-state index in [1.165, 1.54) is 18.3 Å². The lowest BCUT2D eigenvalue weighted by molar-refractivity contribution is -0.275. The summed E-state index contributed by atoms with van der Waals surface area (Å²) in [6, 6.07) is 11.5. The van der Waals surface area contributed by atoms with Gasteiger partial charge >= 0.3 is 6.18 Å². The summed E-state index contributed by atoms with van der Waals surface area (Å²) >= 11 is 11.6. The van der Waals surface area contributed by atoms with E-state index in [1.807, 2.05) is 0 Å². The Bertz CT molecular complexity index is 1470. The number of alkyl halides is 3. The number of amides is 1. The van der Waals surface area contributed by atoms with Crippen LogP contribution in [0.3, 0.4) is 0 Å². The Labute approximate surface area is 230 Å². The number of nitrogens with zero attached hydrogens (tertiary/aromatic N) is 2. The maximum Gasteiger partial charge on any atom is 0.435 e. The van der Waals surface area contributed by atoms with Gasteiger partial charge in [-0.3, -0.25) is 4.79 Å². The molecule has 1 saturated carbocycles. The molecule has 12 heteroatoms. The van der Waals surface area contributed by atoms with Crippen LogP contribution in [-0.2, 0) is 15.3 Å². The van der Waals surface area contributed by atoms with E-state index in [9.17, 15) is 22.4 Å². The van der Waals surface area contributed by atoms with Crippen molar-refractivity contribution >= 4 is 51.8 Å². The third-order valence-corrected chi connectivity index (χ3v) is 7.18. The fraction of sp³-hybridized carbons (Fsp3) is 0.296. The highest BCUT2D eigenvalue weighted by Gasteiger charge is 2.62. The quantitative estimate of drug-likeness (QED) is 0.135. The van der Waals surface area contributed by atoms with E-state index < -0.39 is 45.5 Å². The Morgan fingerprint density at radius 3 is 2.51 bits per heavy atom. The number of fused-ring (bicyclic) bond motifs is 1. The molecular formula is C27H21Cl2F4N3O3. The molecule has 0 bridgehead atoms. The van der Waals surface area contributed by atoms with Gasteiger partial charge in [-0.1, -0.05) is 63.8 Å². The van der Waals surface area contributed by atoms with Gasteiger partial charge < -0.3 is 15.0 Å². The van der Waals surface area contributed by atoms with Gasteiger partial charge in [0.15, 0.2) is 5.82 Å². The Kier molecular flexibility index (Phi) is 7.43. The van der Waals surface area contributed by atoms with Crippen LogP contribution in [-0.4, -0.2) is 37.2 Å². The van der Waals surface area contributed by atoms with E-state index in [0.29, 0.717) is 34.4 Å². The summed E-state index contributed by atoms with van der Waals surface area (Å²) < 4.78 is 57.2. The third-order valence-electron chi connectivity index (χ3n) is 6.63. The Hall–Kier alpha value is -3.37. The molecule has 0 saturated heterocycles. The van der Waals surface area contributed by atoms with Gasteiger partial charge in [0, 0.05) is 23.1 Å². The minimum Gasteiger partial charge on any atom is -0.396 e. The number of nitrogens with one attached hydrogen (secondary N) is 1. The molecule has 1 amide bonds. The third kappa shape index (κ3) is 5.40. The van der Waals surface area contributed by atoms with Gasteiger partial charge in [0.2, 0.25) is 0 Å². The molecule has 1 N–H and O–H groups in total. The standard InChI is InChI=1S/C27H21Cl2F4N3O3/c28-21-11-16(12-22(29)24(21)30)26(27(31,32)33)13-23(36-39-26)19-7-8-20(18-4-2-1-3-17(18)19)25(37)34-9-10-35-38-14-15-5-6-15/h1-4,7-8,10-12,15H,5-6,9,13-14H2,(H,34,37)/b35-10-. The zero-order chi connectivity index (χ0) is 27.8. The number of carbonyl (C=O) groups excluding carboxylic acids is 1. The van der Waals surface area contributed by atoms with Crippen molar-refractivity contribution in [3.63, 3.8) is 0 Å². The number of benzene rings is 3. The first-order valence-corrected chi connectivity index (χ1v) is 12.8. The number of hydrogen-bond donors (Lipinski definition) is 1. The molecular weight excluding hydrogens is 561 g/mol. The molecule has 5 rings (SSSR count). The summed E-state index contributed by atoms with van der Waals surface area (Å²) in [6.45, 7) is 0.692. The lowest BCUT2D eigenvalue weighted by atomic mass is 9.85. The van der Waals surface area contributed by atoms with Crippen molar-refractivity contribution < 1.29 is 32.0 Å². The maximum absolute atomic E-state index is 14.4. The van der Waals surface area contributed by atoms with Crippen LogP contribution in [0.1, 0.15) is 40.7 Å². The van der Waals surface area contributed by atoms with E-state index >= 15 is 0 Å². The van der Waals surface area contributed by atoms with E-state index in [2.05, 4.69) is 15.6 Å². The molecule has 0 spiro atoms. The molecule has 1 atom stereocenters. The Morgan fingerprint density at radius 1 is 1.15 bits per heavy atom. The van der Waals surface area contributed by atoms with Gasteiger partial charge in [-0.2, -0.15) is 13.2 Å². The molecule has 0 radical (unpaired) electrons. The molecule has 2 aliphatic rings. The number of oxime groups is 2. The van der Waals surface area contributed by atoms with Gasteiger partial charge in [0.25, 0.3) is 11.5 Å². The Balaban J connectivity index is 1.41. The fourth-order valence-electron chi connectivity index (χ4n) is 4.34. The second-order valence-electron chi connectivity index (χ2n) is 9.33. The monoisotopic (exact) mass is 581 g/mol. The van der Waals surface area contributed by atoms with Gasteiger partial charge in [-0.25, -0.2) is 4.39 Å². The summed E-state index contributed by atoms with van der Waals surface area (Å²) in [6.07, 6.45) is -1.93. The second kappa shape index (κ2) is 10.7. The lowest BCUT2D eigenvalue weighted by Crippen LogP contribution is -2.42. The van der Waals surface area contributed by atoms with Crippen molar-refractivity contribution in [2.45, 2.75) is 31.0 Å². The van der Waals surface area contributed by atoms with Crippen LogP contribution in [0.25, 0.3) is 10.8 Å². The van der Waals surface area contributed by atoms with Crippen LogP contribution >= 0.6 is 23.2 Å². The zero-order valence-corrected chi connectivity index (χ0v) is 21.7. The molecule has 1 aliphatic heterocycles. The summed E-state index contributed by atoms with van der Waals surface area (Å²) in [7, 11) is 0. The van der Waals surface area contributed by atoms with Crippen molar-refractivity contribution in [2.24, 2.45) is 16.2 Å². The molecule has 1 unspecified atom stereocenters. The van der Waals surface area contributed by atoms with Crippen LogP contribution in [0.5, 0.6) is 0 Å². The normalized spacial score (nSPS) is 19.3. The largest absolute Gasteiger partial charge is 0.435 e. The number of rotatable bonds is 8. The number of hydrogen-bond acceptors (Lipinski definition) is 5. The highest BCUT2D eigenvalue weighted by molar-refractivity contribution is 6.35. The first kappa shape index (κ1) is 27.2. The van der Waals surface area contributed by atoms with Crippen LogP contribution in [0, 0.1) is 11.7 Å². The molecule has 39 heavy (non-hydrogen) atoms. The molecule has 1 aliphatic carbocycles. The Morgan fingerprint density at radius 2 is 1.85 bits per heavy atom. The number of halogens is 6. The maximum atomic E-state index is 14.4. The molecule has 204 valence electrons. The predicted octanol–water partition coefficient (Wildman–Crippen LogP) is 7.01. The highest BCUT2D eigenvalue weighted by atomic mass is 35.5. The van der Waals surface area contributed by atoms with Crippen LogP contribution in [0.2, 0.25) is 10.0 Å². The number of carbonyl (C=O) groups is 1. The van der Waals surface area contributed by atoms with E-state index in [1.54, 1.807) is 24.3 Å². The molecule has 1 heterocycles. The summed E-state index contributed by atoms with van der Waals surface area (Å²) in [4.78, 5) is 23.1. The van der Waals surface area contributed by atoms with Crippen molar-refractivity contribution in [2.75, 3.05) is 13.2 Å². The second-order valence-corrected chi connectivity index (χ2v) is 10.1. The first-order valence-electron chi connectivity index (χ1n) is 12.0. The average molecular weight is 582 g/mol.